The molecule has 2 heteroatoms. The molecule has 0 fully saturated rings. The Morgan fingerprint density at radius 3 is 2.00 bits per heavy atom. The molecule has 84 valence electrons. The molecule has 14 heavy (non-hydrogen) atoms. The first-order chi connectivity index (χ1) is 6.68. The third-order valence-electron chi connectivity index (χ3n) is 2.63. The van der Waals surface area contributed by atoms with Crippen LogP contribution in [0, 0.1) is 0 Å². The van der Waals surface area contributed by atoms with Gasteiger partial charge in [0.15, 0.2) is 0 Å². The Labute approximate surface area is 88.7 Å². The van der Waals surface area contributed by atoms with E-state index in [1.807, 2.05) is 7.05 Å². The summed E-state index contributed by atoms with van der Waals surface area (Å²) < 4.78 is 0. The molecule has 0 aliphatic carbocycles. The van der Waals surface area contributed by atoms with Crippen LogP contribution in [0.15, 0.2) is 0 Å². The van der Waals surface area contributed by atoms with Crippen molar-refractivity contribution in [1.29, 1.82) is 0 Å². The van der Waals surface area contributed by atoms with E-state index < -0.39 is 0 Å². The molecule has 0 unspecified atom stereocenters. The van der Waals surface area contributed by atoms with Crippen LogP contribution in [0.4, 0.5) is 0 Å². The fraction of sp³-hybridized carbons (Fsp3) is 0.917. The van der Waals surface area contributed by atoms with Crippen molar-refractivity contribution in [2.24, 2.45) is 0 Å². The largest absolute Gasteiger partial charge is 0.346 e. The average Bonchev–Trinajstić information content (AvgIpc) is 2.16. The van der Waals surface area contributed by atoms with E-state index in [0.29, 0.717) is 0 Å². The second-order valence-corrected chi connectivity index (χ2v) is 4.06. The van der Waals surface area contributed by atoms with Gasteiger partial charge in [0.2, 0.25) is 5.91 Å². The first kappa shape index (κ1) is 13.5. The van der Waals surface area contributed by atoms with Crippen molar-refractivity contribution in [3.8, 4) is 0 Å². The van der Waals surface area contributed by atoms with Gasteiger partial charge in [-0.2, -0.15) is 0 Å². The molecule has 0 aromatic rings. The van der Waals surface area contributed by atoms with Crippen LogP contribution in [0.1, 0.15) is 58.8 Å². The zero-order chi connectivity index (χ0) is 10.8. The van der Waals surface area contributed by atoms with E-state index in [1.165, 1.54) is 38.5 Å². The van der Waals surface area contributed by atoms with Crippen molar-refractivity contribution >= 4 is 5.91 Å². The molecule has 0 aliphatic heterocycles. The van der Waals surface area contributed by atoms with Crippen molar-refractivity contribution in [2.75, 3.05) is 13.6 Å². The van der Waals surface area contributed by atoms with Gasteiger partial charge in [-0.1, -0.05) is 45.4 Å². The molecule has 0 atom stereocenters. The Bertz CT molecular complexity index is 145. The number of hydrogen-bond donors (Lipinski definition) is 0. The summed E-state index contributed by atoms with van der Waals surface area (Å²) in [7, 11) is 1.87. The van der Waals surface area contributed by atoms with E-state index in [1.54, 1.807) is 11.8 Å². The molecule has 0 aromatic heterocycles. The monoisotopic (exact) mass is 199 g/mol. The van der Waals surface area contributed by atoms with E-state index >= 15 is 0 Å². The minimum atomic E-state index is 0.177. The number of amides is 1. The molecule has 0 spiro atoms. The van der Waals surface area contributed by atoms with Gasteiger partial charge >= 0.3 is 0 Å². The van der Waals surface area contributed by atoms with Crippen LogP contribution in [0.3, 0.4) is 0 Å². The van der Waals surface area contributed by atoms with Crippen LogP contribution in [0.2, 0.25) is 0 Å². The molecule has 0 radical (unpaired) electrons. The lowest BCUT2D eigenvalue weighted by Crippen LogP contribution is -2.24. The lowest BCUT2D eigenvalue weighted by atomic mass is 10.1. The Morgan fingerprint density at radius 2 is 1.50 bits per heavy atom. The van der Waals surface area contributed by atoms with Crippen molar-refractivity contribution in [3.63, 3.8) is 0 Å². The zero-order valence-corrected chi connectivity index (χ0v) is 10.0. The maximum absolute atomic E-state index is 10.9. The summed E-state index contributed by atoms with van der Waals surface area (Å²) in [5.74, 6) is 0.177. The number of unbranched alkanes of at least 4 members (excludes halogenated alkanes) is 6. The van der Waals surface area contributed by atoms with Crippen LogP contribution in [-0.2, 0) is 4.79 Å². The first-order valence-corrected chi connectivity index (χ1v) is 5.90. The lowest BCUT2D eigenvalue weighted by molar-refractivity contribution is -0.127. The number of carbonyl (C=O) groups excluding carboxylic acids is 1. The van der Waals surface area contributed by atoms with Gasteiger partial charge in [-0.15, -0.1) is 0 Å². The summed E-state index contributed by atoms with van der Waals surface area (Å²) in [5.41, 5.74) is 0. The second kappa shape index (κ2) is 9.04. The highest BCUT2D eigenvalue weighted by Crippen LogP contribution is 2.07. The molecule has 0 aliphatic rings. The highest BCUT2D eigenvalue weighted by Gasteiger charge is 2.00. The van der Waals surface area contributed by atoms with Crippen molar-refractivity contribution in [2.45, 2.75) is 58.8 Å². The van der Waals surface area contributed by atoms with Crippen LogP contribution >= 0.6 is 0 Å². The predicted molar refractivity (Wildman–Crippen MR) is 61.3 cm³/mol. The van der Waals surface area contributed by atoms with Gasteiger partial charge in [0.05, 0.1) is 0 Å². The summed E-state index contributed by atoms with van der Waals surface area (Å²) >= 11 is 0. The van der Waals surface area contributed by atoms with Crippen LogP contribution in [0.5, 0.6) is 0 Å². The zero-order valence-electron chi connectivity index (χ0n) is 10.0. The van der Waals surface area contributed by atoms with E-state index in [9.17, 15) is 4.79 Å². The molecule has 0 rings (SSSR count). The molecule has 1 amide bonds. The minimum Gasteiger partial charge on any atom is -0.346 e. The van der Waals surface area contributed by atoms with Gasteiger partial charge in [-0.25, -0.2) is 0 Å². The van der Waals surface area contributed by atoms with Gasteiger partial charge in [0.25, 0.3) is 0 Å². The lowest BCUT2D eigenvalue weighted by Gasteiger charge is -2.13. The molecule has 2 nitrogen and oxygen atoms in total. The van der Waals surface area contributed by atoms with Crippen molar-refractivity contribution in [3.05, 3.63) is 0 Å². The summed E-state index contributed by atoms with van der Waals surface area (Å²) in [6, 6.07) is 0. The number of hydrogen-bond acceptors (Lipinski definition) is 1. The summed E-state index contributed by atoms with van der Waals surface area (Å²) in [6.07, 6.45) is 9.16. The Kier molecular flexibility index (Phi) is 8.70. The predicted octanol–water partition coefficient (Wildman–Crippen LogP) is 3.22. The van der Waals surface area contributed by atoms with Crippen LogP contribution < -0.4 is 0 Å². The first-order valence-electron chi connectivity index (χ1n) is 5.90. The van der Waals surface area contributed by atoms with Gasteiger partial charge in [-0.05, 0) is 6.42 Å². The van der Waals surface area contributed by atoms with Crippen LogP contribution in [0.25, 0.3) is 0 Å². The Morgan fingerprint density at radius 1 is 1.00 bits per heavy atom. The quantitative estimate of drug-likeness (QED) is 0.550. The molecular weight excluding hydrogens is 174 g/mol. The summed E-state index contributed by atoms with van der Waals surface area (Å²) in [4.78, 5) is 12.7. The molecular formula is C12H25NO. The summed E-state index contributed by atoms with van der Waals surface area (Å²) in [5, 5.41) is 0. The highest BCUT2D eigenvalue weighted by atomic mass is 16.2. The number of carbonyl (C=O) groups is 1. The Hall–Kier alpha value is -0.530. The number of nitrogens with zero attached hydrogens (tertiary/aromatic N) is 1. The van der Waals surface area contributed by atoms with Crippen molar-refractivity contribution in [1.82, 2.24) is 4.90 Å². The van der Waals surface area contributed by atoms with Gasteiger partial charge in [0, 0.05) is 20.5 Å². The average molecular weight is 199 g/mol. The van der Waals surface area contributed by atoms with E-state index in [2.05, 4.69) is 6.92 Å². The second-order valence-electron chi connectivity index (χ2n) is 4.06. The van der Waals surface area contributed by atoms with E-state index in [-0.39, 0.29) is 5.91 Å². The normalized spacial score (nSPS) is 10.2. The maximum Gasteiger partial charge on any atom is 0.219 e. The molecule has 0 saturated carbocycles. The number of rotatable bonds is 8. The molecule has 0 saturated heterocycles. The van der Waals surface area contributed by atoms with E-state index in [4.69, 9.17) is 0 Å². The van der Waals surface area contributed by atoms with Crippen LogP contribution in [-0.4, -0.2) is 24.4 Å². The highest BCUT2D eigenvalue weighted by molar-refractivity contribution is 5.72. The van der Waals surface area contributed by atoms with Gasteiger partial charge in [-0.3, -0.25) is 4.79 Å². The van der Waals surface area contributed by atoms with E-state index in [0.717, 1.165) is 13.0 Å². The van der Waals surface area contributed by atoms with Gasteiger partial charge in [0.1, 0.15) is 0 Å². The topological polar surface area (TPSA) is 20.3 Å². The fourth-order valence-electron chi connectivity index (χ4n) is 1.46. The molecule has 0 heterocycles. The third kappa shape index (κ3) is 8.09. The smallest absolute Gasteiger partial charge is 0.219 e. The Balaban J connectivity index is 3.09. The standard InChI is InChI=1S/C12H25NO/c1-4-5-6-7-8-9-10-11-13(3)12(2)14/h4-11H2,1-3H3. The van der Waals surface area contributed by atoms with Crippen molar-refractivity contribution < 1.29 is 4.79 Å². The minimum absolute atomic E-state index is 0.177. The molecule has 0 N–H and O–H groups in total. The molecule has 0 aromatic carbocycles. The SMILES string of the molecule is CCCCCCCCCN(C)C(C)=O. The third-order valence-corrected chi connectivity index (χ3v) is 2.63. The molecule has 0 bridgehead atoms. The summed E-state index contributed by atoms with van der Waals surface area (Å²) in [6.45, 7) is 4.78. The maximum atomic E-state index is 10.9. The fourth-order valence-corrected chi connectivity index (χ4v) is 1.46. The van der Waals surface area contributed by atoms with Gasteiger partial charge < -0.3 is 4.90 Å².